The van der Waals surface area contributed by atoms with Crippen LogP contribution < -0.4 is 5.32 Å². The summed E-state index contributed by atoms with van der Waals surface area (Å²) in [6.07, 6.45) is -0.616. The summed E-state index contributed by atoms with van der Waals surface area (Å²) in [5.41, 5.74) is -1.32. The Morgan fingerprint density at radius 3 is 2.22 bits per heavy atom. The van der Waals surface area contributed by atoms with E-state index < -0.39 is 28.6 Å². The van der Waals surface area contributed by atoms with Crippen molar-refractivity contribution in [2.45, 2.75) is 51.2 Å². The molecule has 5 nitrogen and oxygen atoms in total. The van der Waals surface area contributed by atoms with E-state index in [0.29, 0.717) is 0 Å². The zero-order valence-corrected chi connectivity index (χ0v) is 14.6. The zero-order valence-electron chi connectivity index (χ0n) is 14.6. The van der Waals surface area contributed by atoms with Gasteiger partial charge in [-0.25, -0.2) is 9.59 Å². The lowest BCUT2D eigenvalue weighted by Gasteiger charge is -2.25. The van der Waals surface area contributed by atoms with E-state index >= 15 is 0 Å². The van der Waals surface area contributed by atoms with Crippen molar-refractivity contribution in [1.29, 1.82) is 0 Å². The van der Waals surface area contributed by atoms with Crippen molar-refractivity contribution in [1.82, 2.24) is 5.32 Å². The Morgan fingerprint density at radius 1 is 1.17 bits per heavy atom. The third-order valence-corrected chi connectivity index (χ3v) is 4.83. The minimum absolute atomic E-state index is 0.114. The molecule has 23 heavy (non-hydrogen) atoms. The average Bonchev–Trinajstić information content (AvgIpc) is 2.95. The summed E-state index contributed by atoms with van der Waals surface area (Å²) in [4.78, 5) is 24.8. The second-order valence-electron chi connectivity index (χ2n) is 7.22. The number of alkyl carbamates (subject to hydrolysis) is 1. The van der Waals surface area contributed by atoms with Crippen molar-refractivity contribution in [3.8, 4) is 0 Å². The third-order valence-electron chi connectivity index (χ3n) is 4.83. The number of amides is 1. The number of methoxy groups -OCH3 is 1. The van der Waals surface area contributed by atoms with Crippen LogP contribution in [0.4, 0.5) is 4.79 Å². The van der Waals surface area contributed by atoms with Gasteiger partial charge in [-0.05, 0) is 26.3 Å². The van der Waals surface area contributed by atoms with Crippen molar-refractivity contribution in [3.05, 3.63) is 35.9 Å². The molecule has 1 N–H and O–H groups in total. The smallest absolute Gasteiger partial charge is 0.408 e. The number of rotatable bonds is 3. The first-order chi connectivity index (χ1) is 10.6. The normalized spacial score (nSPS) is 29.6. The van der Waals surface area contributed by atoms with Gasteiger partial charge in [-0.3, -0.25) is 0 Å². The molecule has 0 unspecified atom stereocenters. The molecule has 0 spiro atoms. The van der Waals surface area contributed by atoms with Gasteiger partial charge < -0.3 is 14.8 Å². The van der Waals surface area contributed by atoms with E-state index in [0.717, 1.165) is 5.56 Å². The largest absolute Gasteiger partial charge is 0.467 e. The van der Waals surface area contributed by atoms with Gasteiger partial charge in [0.25, 0.3) is 0 Å². The maximum absolute atomic E-state index is 12.5. The van der Waals surface area contributed by atoms with Crippen LogP contribution in [-0.2, 0) is 19.7 Å². The molecule has 1 aromatic carbocycles. The van der Waals surface area contributed by atoms with E-state index in [1.165, 1.54) is 7.11 Å². The maximum Gasteiger partial charge on any atom is 0.408 e. The fraction of sp³-hybridized carbons (Fsp3) is 0.556. The molecule has 1 aromatic rings. The number of hydrogen-bond acceptors (Lipinski definition) is 4. The van der Waals surface area contributed by atoms with Crippen molar-refractivity contribution >= 4 is 12.1 Å². The SMILES string of the molecule is COC(=O)[C@]1(NC(=O)OC(C)(C)C)[C@H](C)[C@]1(C)c1ccccc1. The summed E-state index contributed by atoms with van der Waals surface area (Å²) in [7, 11) is 1.33. The van der Waals surface area contributed by atoms with Gasteiger partial charge in [-0.2, -0.15) is 0 Å². The summed E-state index contributed by atoms with van der Waals surface area (Å²) in [6, 6.07) is 9.67. The Hall–Kier alpha value is -2.04. The third kappa shape index (κ3) is 2.69. The van der Waals surface area contributed by atoms with Crippen molar-refractivity contribution in [2.24, 2.45) is 5.92 Å². The minimum Gasteiger partial charge on any atom is -0.467 e. The van der Waals surface area contributed by atoms with Crippen molar-refractivity contribution < 1.29 is 19.1 Å². The van der Waals surface area contributed by atoms with Gasteiger partial charge in [0.15, 0.2) is 5.54 Å². The minimum atomic E-state index is -1.12. The standard InChI is InChI=1S/C18H25NO4/c1-12-17(5,13-10-8-7-9-11-13)18(12,14(20)22-6)19-15(21)23-16(2,3)4/h7-12H,1-6H3,(H,19,21)/t12-,17-,18-/m1/s1. The van der Waals surface area contributed by atoms with Crippen LogP contribution in [-0.4, -0.2) is 30.3 Å². The lowest BCUT2D eigenvalue weighted by Crippen LogP contribution is -2.50. The van der Waals surface area contributed by atoms with Gasteiger partial charge in [0.2, 0.25) is 0 Å². The van der Waals surface area contributed by atoms with Crippen molar-refractivity contribution in [2.75, 3.05) is 7.11 Å². The fourth-order valence-electron chi connectivity index (χ4n) is 3.41. The zero-order chi connectivity index (χ0) is 17.5. The van der Waals surface area contributed by atoms with Crippen molar-refractivity contribution in [3.63, 3.8) is 0 Å². The van der Waals surface area contributed by atoms with Gasteiger partial charge >= 0.3 is 12.1 Å². The monoisotopic (exact) mass is 319 g/mol. The van der Waals surface area contributed by atoms with E-state index in [2.05, 4.69) is 5.32 Å². The van der Waals surface area contributed by atoms with E-state index in [-0.39, 0.29) is 5.92 Å². The summed E-state index contributed by atoms with van der Waals surface area (Å²) < 4.78 is 10.3. The first-order valence-corrected chi connectivity index (χ1v) is 7.74. The average molecular weight is 319 g/mol. The molecule has 5 heteroatoms. The van der Waals surface area contributed by atoms with Gasteiger partial charge in [0.05, 0.1) is 7.11 Å². The number of ether oxygens (including phenoxy) is 2. The molecule has 0 aromatic heterocycles. The molecule has 1 fully saturated rings. The van der Waals surface area contributed by atoms with Crippen LogP contribution in [0.5, 0.6) is 0 Å². The van der Waals surface area contributed by atoms with Crippen LogP contribution >= 0.6 is 0 Å². The highest BCUT2D eigenvalue weighted by molar-refractivity contribution is 5.93. The first-order valence-electron chi connectivity index (χ1n) is 7.74. The maximum atomic E-state index is 12.5. The molecule has 0 radical (unpaired) electrons. The second kappa shape index (κ2) is 5.55. The highest BCUT2D eigenvalue weighted by Crippen LogP contribution is 2.63. The summed E-state index contributed by atoms with van der Waals surface area (Å²) in [5.74, 6) is -0.570. The first kappa shape index (κ1) is 17.3. The van der Waals surface area contributed by atoms with E-state index in [4.69, 9.17) is 9.47 Å². The van der Waals surface area contributed by atoms with Crippen LogP contribution in [0.2, 0.25) is 0 Å². The quantitative estimate of drug-likeness (QED) is 0.870. The van der Waals surface area contributed by atoms with Crippen LogP contribution in [0.3, 0.4) is 0 Å². The molecule has 1 saturated carbocycles. The highest BCUT2D eigenvalue weighted by Gasteiger charge is 2.78. The Bertz CT molecular complexity index is 607. The summed E-state index contributed by atoms with van der Waals surface area (Å²) >= 11 is 0. The Morgan fingerprint density at radius 2 is 1.74 bits per heavy atom. The molecular formula is C18H25NO4. The van der Waals surface area contributed by atoms with E-state index in [1.807, 2.05) is 44.2 Å². The fourth-order valence-corrected chi connectivity index (χ4v) is 3.41. The molecule has 0 saturated heterocycles. The number of hydrogen-bond donors (Lipinski definition) is 1. The topological polar surface area (TPSA) is 64.6 Å². The number of carbonyl (C=O) groups is 2. The highest BCUT2D eigenvalue weighted by atomic mass is 16.6. The van der Waals surface area contributed by atoms with Gasteiger partial charge in [-0.15, -0.1) is 0 Å². The molecule has 1 aliphatic rings. The molecule has 0 aliphatic heterocycles. The van der Waals surface area contributed by atoms with Crippen LogP contribution in [0.15, 0.2) is 30.3 Å². The number of benzene rings is 1. The molecule has 3 atom stereocenters. The number of esters is 1. The molecular weight excluding hydrogens is 294 g/mol. The summed E-state index contributed by atoms with van der Waals surface area (Å²) in [5, 5.41) is 2.78. The van der Waals surface area contributed by atoms with Gasteiger partial charge in [-0.1, -0.05) is 44.2 Å². The molecule has 1 aliphatic carbocycles. The molecule has 2 rings (SSSR count). The predicted octanol–water partition coefficient (Wildman–Crippen LogP) is 3.03. The Labute approximate surface area is 137 Å². The predicted molar refractivity (Wildman–Crippen MR) is 87.1 cm³/mol. The number of carbonyl (C=O) groups excluding carboxylic acids is 2. The molecule has 0 heterocycles. The lowest BCUT2D eigenvalue weighted by molar-refractivity contribution is -0.145. The Balaban J connectivity index is 2.36. The van der Waals surface area contributed by atoms with Crippen LogP contribution in [0.1, 0.15) is 40.2 Å². The second-order valence-corrected chi connectivity index (χ2v) is 7.22. The van der Waals surface area contributed by atoms with Crippen LogP contribution in [0.25, 0.3) is 0 Å². The van der Waals surface area contributed by atoms with Gasteiger partial charge in [0, 0.05) is 11.3 Å². The summed E-state index contributed by atoms with van der Waals surface area (Å²) in [6.45, 7) is 9.24. The lowest BCUT2D eigenvalue weighted by atomic mass is 9.92. The molecule has 0 bridgehead atoms. The Kier molecular flexibility index (Phi) is 4.18. The van der Waals surface area contributed by atoms with E-state index in [9.17, 15) is 9.59 Å². The van der Waals surface area contributed by atoms with Crippen LogP contribution in [0, 0.1) is 5.92 Å². The van der Waals surface area contributed by atoms with E-state index in [1.54, 1.807) is 20.8 Å². The molecule has 126 valence electrons. The molecule has 1 amide bonds. The number of nitrogens with one attached hydrogen (secondary N) is 1. The van der Waals surface area contributed by atoms with Gasteiger partial charge in [0.1, 0.15) is 5.60 Å².